The van der Waals surface area contributed by atoms with Gasteiger partial charge in [-0.05, 0) is 35.9 Å². The van der Waals surface area contributed by atoms with Crippen molar-refractivity contribution in [2.45, 2.75) is 11.4 Å². The van der Waals surface area contributed by atoms with E-state index in [1.165, 1.54) is 36.4 Å². The van der Waals surface area contributed by atoms with Crippen molar-refractivity contribution < 1.29 is 12.8 Å². The largest absolute Gasteiger partial charge is 0.399 e. The van der Waals surface area contributed by atoms with Gasteiger partial charge in [0.2, 0.25) is 10.0 Å². The Morgan fingerprint density at radius 2 is 1.95 bits per heavy atom. The third-order valence-electron chi connectivity index (χ3n) is 2.60. The summed E-state index contributed by atoms with van der Waals surface area (Å²) in [6.45, 7) is -0.0270. The van der Waals surface area contributed by atoms with Gasteiger partial charge in [-0.2, -0.15) is 0 Å². The number of nitrogen functional groups attached to an aromatic ring is 1. The number of hydrogen-bond acceptors (Lipinski definition) is 3. The van der Waals surface area contributed by atoms with E-state index < -0.39 is 15.8 Å². The maximum Gasteiger partial charge on any atom is 0.242 e. The molecule has 3 N–H and O–H groups in total. The number of anilines is 1. The minimum absolute atomic E-state index is 0.0270. The molecule has 0 aliphatic heterocycles. The van der Waals surface area contributed by atoms with E-state index in [0.29, 0.717) is 11.3 Å². The SMILES string of the molecule is Nc1ccc(S(=O)(=O)NCc2cccc(F)c2)c(Cl)c1. The first-order chi connectivity index (χ1) is 9.38. The topological polar surface area (TPSA) is 72.2 Å². The average molecular weight is 315 g/mol. The first-order valence-corrected chi connectivity index (χ1v) is 7.54. The van der Waals surface area contributed by atoms with Crippen LogP contribution in [0.4, 0.5) is 10.1 Å². The molecule has 2 aromatic rings. The van der Waals surface area contributed by atoms with E-state index in [-0.39, 0.29) is 16.5 Å². The molecule has 0 bridgehead atoms. The van der Waals surface area contributed by atoms with Gasteiger partial charge >= 0.3 is 0 Å². The second-order valence-electron chi connectivity index (χ2n) is 4.14. The van der Waals surface area contributed by atoms with E-state index in [0.717, 1.165) is 0 Å². The number of rotatable bonds is 4. The Kier molecular flexibility index (Phi) is 4.27. The lowest BCUT2D eigenvalue weighted by Gasteiger charge is -2.09. The van der Waals surface area contributed by atoms with Crippen molar-refractivity contribution in [3.05, 3.63) is 58.9 Å². The Morgan fingerprint density at radius 3 is 2.60 bits per heavy atom. The van der Waals surface area contributed by atoms with Gasteiger partial charge in [-0.3, -0.25) is 0 Å². The molecule has 0 aromatic heterocycles. The van der Waals surface area contributed by atoms with Gasteiger partial charge < -0.3 is 5.73 Å². The Labute approximate surface area is 121 Å². The predicted molar refractivity (Wildman–Crippen MR) is 76.3 cm³/mol. The quantitative estimate of drug-likeness (QED) is 0.852. The van der Waals surface area contributed by atoms with Gasteiger partial charge in [-0.1, -0.05) is 23.7 Å². The van der Waals surface area contributed by atoms with Crippen molar-refractivity contribution in [1.82, 2.24) is 4.72 Å². The lowest BCUT2D eigenvalue weighted by Crippen LogP contribution is -2.23. The molecule has 0 aliphatic carbocycles. The molecule has 0 unspecified atom stereocenters. The van der Waals surface area contributed by atoms with Crippen LogP contribution in [0.1, 0.15) is 5.56 Å². The molecule has 0 fully saturated rings. The lowest BCUT2D eigenvalue weighted by molar-refractivity contribution is 0.580. The summed E-state index contributed by atoms with van der Waals surface area (Å²) in [7, 11) is -3.78. The molecule has 0 radical (unpaired) electrons. The normalized spacial score (nSPS) is 11.5. The standard InChI is InChI=1S/C13H12ClFN2O2S/c14-12-7-11(16)4-5-13(12)20(18,19)17-8-9-2-1-3-10(15)6-9/h1-7,17H,8,16H2. The van der Waals surface area contributed by atoms with Crippen LogP contribution in [-0.2, 0) is 16.6 Å². The van der Waals surface area contributed by atoms with Crippen molar-refractivity contribution in [3.63, 3.8) is 0 Å². The van der Waals surface area contributed by atoms with Crippen molar-refractivity contribution in [2.75, 3.05) is 5.73 Å². The van der Waals surface area contributed by atoms with E-state index in [1.807, 2.05) is 0 Å². The van der Waals surface area contributed by atoms with E-state index >= 15 is 0 Å². The summed E-state index contributed by atoms with van der Waals surface area (Å²) in [5, 5.41) is 0.0387. The summed E-state index contributed by atoms with van der Waals surface area (Å²) in [5.41, 5.74) is 6.40. The highest BCUT2D eigenvalue weighted by Gasteiger charge is 2.17. The number of sulfonamides is 1. The third-order valence-corrected chi connectivity index (χ3v) is 4.48. The fourth-order valence-electron chi connectivity index (χ4n) is 1.64. The number of benzene rings is 2. The van der Waals surface area contributed by atoms with Gasteiger partial charge in [0.25, 0.3) is 0 Å². The first kappa shape index (κ1) is 14.8. The smallest absolute Gasteiger partial charge is 0.242 e. The molecule has 0 spiro atoms. The molecule has 0 heterocycles. The van der Waals surface area contributed by atoms with Crippen LogP contribution in [-0.4, -0.2) is 8.42 Å². The fraction of sp³-hybridized carbons (Fsp3) is 0.0769. The maximum atomic E-state index is 13.0. The molecule has 0 saturated carbocycles. The summed E-state index contributed by atoms with van der Waals surface area (Å²) in [4.78, 5) is -0.0650. The molecular weight excluding hydrogens is 303 g/mol. The lowest BCUT2D eigenvalue weighted by atomic mass is 10.2. The first-order valence-electron chi connectivity index (χ1n) is 5.67. The Morgan fingerprint density at radius 1 is 1.20 bits per heavy atom. The summed E-state index contributed by atoms with van der Waals surface area (Å²) >= 11 is 5.86. The van der Waals surface area contributed by atoms with Crippen molar-refractivity contribution in [2.24, 2.45) is 0 Å². The molecule has 106 valence electrons. The van der Waals surface area contributed by atoms with Crippen LogP contribution in [0, 0.1) is 5.82 Å². The molecule has 2 aromatic carbocycles. The Bertz CT molecular complexity index is 735. The molecule has 0 atom stereocenters. The summed E-state index contributed by atoms with van der Waals surface area (Å²) < 4.78 is 39.6. The number of nitrogens with two attached hydrogens (primary N) is 1. The number of hydrogen-bond donors (Lipinski definition) is 2. The zero-order valence-corrected chi connectivity index (χ0v) is 11.9. The highest BCUT2D eigenvalue weighted by molar-refractivity contribution is 7.89. The zero-order chi connectivity index (χ0) is 14.8. The van der Waals surface area contributed by atoms with Gasteiger partial charge in [-0.15, -0.1) is 0 Å². The van der Waals surface area contributed by atoms with Crippen LogP contribution in [0.25, 0.3) is 0 Å². The highest BCUT2D eigenvalue weighted by Crippen LogP contribution is 2.23. The molecule has 2 rings (SSSR count). The van der Waals surface area contributed by atoms with Crippen molar-refractivity contribution in [3.8, 4) is 0 Å². The summed E-state index contributed by atoms with van der Waals surface area (Å²) in [6.07, 6.45) is 0. The van der Waals surface area contributed by atoms with Crippen LogP contribution in [0.15, 0.2) is 47.4 Å². The highest BCUT2D eigenvalue weighted by atomic mass is 35.5. The van der Waals surface area contributed by atoms with Crippen LogP contribution in [0.5, 0.6) is 0 Å². The average Bonchev–Trinajstić information content (AvgIpc) is 2.36. The maximum absolute atomic E-state index is 13.0. The monoisotopic (exact) mass is 314 g/mol. The van der Waals surface area contributed by atoms with Gasteiger partial charge in [0, 0.05) is 12.2 Å². The fourth-order valence-corrected chi connectivity index (χ4v) is 3.21. The minimum Gasteiger partial charge on any atom is -0.399 e. The van der Waals surface area contributed by atoms with E-state index in [9.17, 15) is 12.8 Å². The van der Waals surface area contributed by atoms with Crippen LogP contribution < -0.4 is 10.5 Å². The second kappa shape index (κ2) is 5.78. The van der Waals surface area contributed by atoms with E-state index in [1.54, 1.807) is 6.07 Å². The van der Waals surface area contributed by atoms with E-state index in [2.05, 4.69) is 4.72 Å². The van der Waals surface area contributed by atoms with Gasteiger partial charge in [0.05, 0.1) is 5.02 Å². The molecular formula is C13H12ClFN2O2S. The van der Waals surface area contributed by atoms with Gasteiger partial charge in [-0.25, -0.2) is 17.5 Å². The number of halogens is 2. The van der Waals surface area contributed by atoms with E-state index in [4.69, 9.17) is 17.3 Å². The van der Waals surface area contributed by atoms with Crippen LogP contribution >= 0.6 is 11.6 Å². The number of nitrogens with one attached hydrogen (secondary N) is 1. The Balaban J connectivity index is 2.19. The van der Waals surface area contributed by atoms with Crippen molar-refractivity contribution in [1.29, 1.82) is 0 Å². The second-order valence-corrected chi connectivity index (χ2v) is 6.29. The van der Waals surface area contributed by atoms with Gasteiger partial charge in [0.15, 0.2) is 0 Å². The molecule has 0 saturated heterocycles. The Hall–Kier alpha value is -1.63. The zero-order valence-electron chi connectivity index (χ0n) is 10.3. The predicted octanol–water partition coefficient (Wildman–Crippen LogP) is 2.54. The van der Waals surface area contributed by atoms with Crippen molar-refractivity contribution >= 4 is 27.3 Å². The molecule has 7 heteroatoms. The summed E-state index contributed by atoms with van der Waals surface area (Å²) in [6, 6.07) is 9.81. The summed E-state index contributed by atoms with van der Waals surface area (Å²) in [5.74, 6) is -0.424. The van der Waals surface area contributed by atoms with Gasteiger partial charge in [0.1, 0.15) is 10.7 Å². The molecule has 0 amide bonds. The third kappa shape index (κ3) is 3.47. The van der Waals surface area contributed by atoms with Crippen LogP contribution in [0.3, 0.4) is 0 Å². The molecule has 20 heavy (non-hydrogen) atoms. The minimum atomic E-state index is -3.78. The molecule has 0 aliphatic rings. The van der Waals surface area contributed by atoms with Crippen LogP contribution in [0.2, 0.25) is 5.02 Å². The molecule has 4 nitrogen and oxygen atoms in total.